The largest absolute Gasteiger partial charge is 0.462 e. The summed E-state index contributed by atoms with van der Waals surface area (Å²) in [6, 6.07) is 13.0. The number of rotatable bonds is 6. The summed E-state index contributed by atoms with van der Waals surface area (Å²) in [5.74, 6) is -2.93. The Labute approximate surface area is 203 Å². The lowest BCUT2D eigenvalue weighted by molar-refractivity contribution is -0.155. The molecule has 2 aliphatic heterocycles. The van der Waals surface area contributed by atoms with Gasteiger partial charge >= 0.3 is 11.9 Å². The molecular weight excluding hydrogens is 456 g/mol. The average Bonchev–Trinajstić information content (AvgIpc) is 3.14. The number of hydrazone groups is 1. The van der Waals surface area contributed by atoms with Gasteiger partial charge in [0.2, 0.25) is 5.78 Å². The molecule has 0 N–H and O–H groups in total. The number of halogens is 1. The Morgan fingerprint density at radius 1 is 0.941 bits per heavy atom. The van der Waals surface area contributed by atoms with Crippen LogP contribution in [0.25, 0.3) is 0 Å². The average molecular weight is 481 g/mol. The summed E-state index contributed by atoms with van der Waals surface area (Å²) in [5, 5.41) is 6.41. The van der Waals surface area contributed by atoms with E-state index >= 15 is 0 Å². The molecular formula is C26H25ClN2O5. The fraction of sp³-hybridized carbons (Fsp3) is 0.308. The van der Waals surface area contributed by atoms with Crippen molar-refractivity contribution in [2.45, 2.75) is 45.9 Å². The van der Waals surface area contributed by atoms with Gasteiger partial charge in [-0.15, -0.1) is 0 Å². The molecule has 2 heterocycles. The lowest BCUT2D eigenvalue weighted by Gasteiger charge is -2.31. The third-order valence-electron chi connectivity index (χ3n) is 5.50. The van der Waals surface area contributed by atoms with E-state index < -0.39 is 41.9 Å². The molecule has 0 radical (unpaired) electrons. The highest BCUT2D eigenvalue weighted by Crippen LogP contribution is 2.48. The number of esters is 2. The number of Topliss-reactive ketones (excluding diaryl/α,β-unsaturated/α-hetero) is 1. The van der Waals surface area contributed by atoms with E-state index in [1.807, 2.05) is 24.3 Å². The third kappa shape index (κ3) is 4.35. The zero-order valence-corrected chi connectivity index (χ0v) is 20.1. The number of nitrogens with zero attached hydrogens (tertiary/aromatic N) is 2. The van der Waals surface area contributed by atoms with Crippen LogP contribution in [0.15, 0.2) is 64.9 Å². The van der Waals surface area contributed by atoms with E-state index in [9.17, 15) is 14.4 Å². The van der Waals surface area contributed by atoms with Crippen LogP contribution in [-0.4, -0.2) is 41.2 Å². The maximum Gasteiger partial charge on any atom is 0.337 e. The van der Waals surface area contributed by atoms with Gasteiger partial charge in [0.15, 0.2) is 0 Å². The molecule has 0 amide bonds. The van der Waals surface area contributed by atoms with E-state index in [1.165, 1.54) is 5.01 Å². The van der Waals surface area contributed by atoms with Crippen LogP contribution in [0.2, 0.25) is 5.02 Å². The minimum atomic E-state index is -1.10. The number of carbonyl (C=O) groups is 3. The van der Waals surface area contributed by atoms with E-state index in [-0.39, 0.29) is 11.3 Å². The Hall–Kier alpha value is -3.45. The van der Waals surface area contributed by atoms with Crippen LogP contribution in [0.3, 0.4) is 0 Å². The first-order valence-corrected chi connectivity index (χ1v) is 11.4. The second kappa shape index (κ2) is 9.43. The van der Waals surface area contributed by atoms with E-state index in [0.29, 0.717) is 10.6 Å². The van der Waals surface area contributed by atoms with Gasteiger partial charge in [0.05, 0.1) is 30.0 Å². The molecule has 0 spiro atoms. The van der Waals surface area contributed by atoms with Gasteiger partial charge in [-0.25, -0.2) is 4.79 Å². The molecule has 0 fully saturated rings. The van der Waals surface area contributed by atoms with E-state index in [0.717, 1.165) is 11.1 Å². The SMILES string of the molecule is CC(C)OC(=O)C1=C(C(=O)c2ccc(Cl)cc2)N2N=Cc3ccccc3[C@H]2[C@H]1C(=O)OC(C)C. The predicted octanol–water partition coefficient (Wildman–Crippen LogP) is 4.70. The van der Waals surface area contributed by atoms with Gasteiger partial charge in [0.1, 0.15) is 11.6 Å². The van der Waals surface area contributed by atoms with Crippen molar-refractivity contribution in [1.29, 1.82) is 0 Å². The molecule has 4 rings (SSSR count). The minimum absolute atomic E-state index is 0.00516. The quantitative estimate of drug-likeness (QED) is 0.440. The standard InChI is InChI=1S/C26H25ClN2O5/c1-14(2)33-25(31)20-21(26(32)34-15(3)4)23(24(30)16-9-11-18(27)12-10-16)29-22(20)19-8-6-5-7-17(19)13-28-29/h5-15,20,22H,1-4H3/t20-,22-/m0/s1. The first-order chi connectivity index (χ1) is 16.2. The van der Waals surface area contributed by atoms with E-state index in [1.54, 1.807) is 58.2 Å². The fourth-order valence-electron chi connectivity index (χ4n) is 4.19. The van der Waals surface area contributed by atoms with Gasteiger partial charge in [-0.1, -0.05) is 35.9 Å². The number of ether oxygens (including phenoxy) is 2. The molecule has 0 aromatic heterocycles. The lowest BCUT2D eigenvalue weighted by Crippen LogP contribution is -2.34. The van der Waals surface area contributed by atoms with Gasteiger partial charge in [-0.2, -0.15) is 5.10 Å². The molecule has 176 valence electrons. The minimum Gasteiger partial charge on any atom is -0.462 e. The second-order valence-electron chi connectivity index (χ2n) is 8.68. The molecule has 2 atom stereocenters. The predicted molar refractivity (Wildman–Crippen MR) is 127 cm³/mol. The van der Waals surface area contributed by atoms with E-state index in [2.05, 4.69) is 5.10 Å². The summed E-state index contributed by atoms with van der Waals surface area (Å²) >= 11 is 6.00. The zero-order chi connectivity index (χ0) is 24.6. The summed E-state index contributed by atoms with van der Waals surface area (Å²) in [7, 11) is 0. The van der Waals surface area contributed by atoms with Crippen molar-refractivity contribution in [3.63, 3.8) is 0 Å². The van der Waals surface area contributed by atoms with Gasteiger partial charge in [0.25, 0.3) is 0 Å². The van der Waals surface area contributed by atoms with Crippen molar-refractivity contribution in [2.24, 2.45) is 11.0 Å². The van der Waals surface area contributed by atoms with Crippen LogP contribution in [0, 0.1) is 5.92 Å². The van der Waals surface area contributed by atoms with Crippen LogP contribution in [0.1, 0.15) is 55.2 Å². The Balaban J connectivity index is 1.93. The van der Waals surface area contributed by atoms with Crippen LogP contribution >= 0.6 is 11.6 Å². The number of hydrogen-bond acceptors (Lipinski definition) is 7. The monoisotopic (exact) mass is 480 g/mol. The zero-order valence-electron chi connectivity index (χ0n) is 19.3. The van der Waals surface area contributed by atoms with E-state index in [4.69, 9.17) is 21.1 Å². The number of carbonyl (C=O) groups excluding carboxylic acids is 3. The molecule has 0 unspecified atom stereocenters. The molecule has 0 bridgehead atoms. The summed E-state index contributed by atoms with van der Waals surface area (Å²) in [6.07, 6.45) is 0.742. The Morgan fingerprint density at radius 2 is 1.59 bits per heavy atom. The van der Waals surface area contributed by atoms with Crippen molar-refractivity contribution in [2.75, 3.05) is 0 Å². The lowest BCUT2D eigenvalue weighted by atomic mass is 9.86. The molecule has 0 aliphatic carbocycles. The van der Waals surface area contributed by atoms with Gasteiger partial charge in [-0.3, -0.25) is 14.6 Å². The summed E-state index contributed by atoms with van der Waals surface area (Å²) < 4.78 is 11.0. The third-order valence-corrected chi connectivity index (χ3v) is 5.75. The molecule has 34 heavy (non-hydrogen) atoms. The van der Waals surface area contributed by atoms with Crippen LogP contribution in [-0.2, 0) is 19.1 Å². The summed E-state index contributed by atoms with van der Waals surface area (Å²) in [5.41, 5.74) is 1.80. The first kappa shape index (κ1) is 23.7. The molecule has 2 aromatic carbocycles. The second-order valence-corrected chi connectivity index (χ2v) is 9.12. The molecule has 2 aliphatic rings. The number of allylic oxidation sites excluding steroid dienone is 1. The number of ketones is 1. The normalized spacial score (nSPS) is 18.7. The van der Waals surface area contributed by atoms with Gasteiger partial charge in [0, 0.05) is 10.6 Å². The Morgan fingerprint density at radius 3 is 2.24 bits per heavy atom. The maximum absolute atomic E-state index is 13.7. The molecule has 2 aromatic rings. The van der Waals surface area contributed by atoms with Crippen molar-refractivity contribution in [1.82, 2.24) is 5.01 Å². The van der Waals surface area contributed by atoms with Crippen molar-refractivity contribution in [3.8, 4) is 0 Å². The van der Waals surface area contributed by atoms with Crippen LogP contribution in [0.4, 0.5) is 0 Å². The Bertz CT molecular complexity index is 1200. The molecule has 0 saturated heterocycles. The number of hydrogen-bond donors (Lipinski definition) is 0. The Kier molecular flexibility index (Phi) is 6.57. The van der Waals surface area contributed by atoms with Gasteiger partial charge in [-0.05, 0) is 63.1 Å². The van der Waals surface area contributed by atoms with Crippen molar-refractivity contribution in [3.05, 3.63) is 81.5 Å². The highest BCUT2D eigenvalue weighted by Gasteiger charge is 2.53. The van der Waals surface area contributed by atoms with Crippen LogP contribution in [0.5, 0.6) is 0 Å². The molecule has 8 heteroatoms. The maximum atomic E-state index is 13.7. The molecule has 0 saturated carbocycles. The highest BCUT2D eigenvalue weighted by atomic mass is 35.5. The smallest absolute Gasteiger partial charge is 0.337 e. The topological polar surface area (TPSA) is 85.3 Å². The van der Waals surface area contributed by atoms with Crippen molar-refractivity contribution < 1.29 is 23.9 Å². The first-order valence-electron chi connectivity index (χ1n) is 11.1. The number of fused-ring (bicyclic) bond motifs is 3. The highest BCUT2D eigenvalue weighted by molar-refractivity contribution is 6.30. The summed E-state index contributed by atoms with van der Waals surface area (Å²) in [4.78, 5) is 40.5. The van der Waals surface area contributed by atoms with Crippen molar-refractivity contribution >= 4 is 35.5 Å². The summed E-state index contributed by atoms with van der Waals surface area (Å²) in [6.45, 7) is 6.87. The molecule has 7 nitrogen and oxygen atoms in total. The van der Waals surface area contributed by atoms with Crippen LogP contribution < -0.4 is 0 Å². The fourth-order valence-corrected chi connectivity index (χ4v) is 4.32. The number of benzene rings is 2. The van der Waals surface area contributed by atoms with Gasteiger partial charge < -0.3 is 9.47 Å².